The Labute approximate surface area is 122 Å². The lowest BCUT2D eigenvalue weighted by atomic mass is 10.3. The van der Waals surface area contributed by atoms with Crippen molar-refractivity contribution in [1.82, 2.24) is 4.98 Å². The first-order chi connectivity index (χ1) is 10.1. The normalized spacial score (nSPS) is 10.1. The third kappa shape index (κ3) is 3.85. The Balaban J connectivity index is 2.14. The van der Waals surface area contributed by atoms with E-state index in [2.05, 4.69) is 4.98 Å². The average Bonchev–Trinajstić information content (AvgIpc) is 2.48. The molecule has 0 atom stereocenters. The van der Waals surface area contributed by atoms with Gasteiger partial charge in [-0.05, 0) is 42.8 Å². The molecule has 2 aromatic rings. The predicted molar refractivity (Wildman–Crippen MR) is 77.9 cm³/mol. The van der Waals surface area contributed by atoms with E-state index in [-0.39, 0.29) is 17.3 Å². The van der Waals surface area contributed by atoms with Crippen LogP contribution in [0.4, 0.5) is 5.69 Å². The minimum Gasteiger partial charge on any atom is -0.494 e. The third-order valence-electron chi connectivity index (χ3n) is 2.62. The highest BCUT2D eigenvalue weighted by atomic mass is 16.5. The third-order valence-corrected chi connectivity index (χ3v) is 2.62. The van der Waals surface area contributed by atoms with Gasteiger partial charge in [0.2, 0.25) is 5.88 Å². The molecule has 3 N–H and O–H groups in total. The molecule has 6 nitrogen and oxygen atoms in total. The molecule has 0 amide bonds. The Kier molecular flexibility index (Phi) is 4.61. The fraction of sp³-hybridized carbons (Fsp3) is 0.200. The number of carbonyl (C=O) groups is 1. The van der Waals surface area contributed by atoms with Gasteiger partial charge >= 0.3 is 5.97 Å². The fourth-order valence-electron chi connectivity index (χ4n) is 1.59. The molecular formula is C15H16N2O4. The van der Waals surface area contributed by atoms with Gasteiger partial charge in [0.25, 0.3) is 0 Å². The molecule has 0 aliphatic carbocycles. The zero-order chi connectivity index (χ0) is 15.2. The molecule has 0 fully saturated rings. The van der Waals surface area contributed by atoms with Gasteiger partial charge in [0.05, 0.1) is 12.3 Å². The Morgan fingerprint density at radius 1 is 1.19 bits per heavy atom. The highest BCUT2D eigenvalue weighted by Crippen LogP contribution is 2.27. The molecule has 6 heteroatoms. The van der Waals surface area contributed by atoms with Crippen LogP contribution in [0.5, 0.6) is 17.4 Å². The van der Waals surface area contributed by atoms with Crippen molar-refractivity contribution < 1.29 is 19.4 Å². The van der Waals surface area contributed by atoms with Crippen molar-refractivity contribution in [3.8, 4) is 17.4 Å². The van der Waals surface area contributed by atoms with Gasteiger partial charge in [-0.25, -0.2) is 9.78 Å². The lowest BCUT2D eigenvalue weighted by molar-refractivity contribution is 0.0689. The number of rotatable bonds is 6. The average molecular weight is 288 g/mol. The van der Waals surface area contributed by atoms with Crippen molar-refractivity contribution in [2.45, 2.75) is 13.3 Å². The number of pyridine rings is 1. The molecule has 0 aliphatic heterocycles. The van der Waals surface area contributed by atoms with Crippen molar-refractivity contribution in [2.24, 2.45) is 0 Å². The van der Waals surface area contributed by atoms with E-state index in [1.54, 1.807) is 24.3 Å². The number of carboxylic acid groups (broad SMARTS) is 1. The minimum absolute atomic E-state index is 0.0668. The molecule has 1 heterocycles. The van der Waals surface area contributed by atoms with Crippen molar-refractivity contribution >= 4 is 11.7 Å². The largest absolute Gasteiger partial charge is 0.494 e. The maximum Gasteiger partial charge on any atom is 0.354 e. The molecule has 0 radical (unpaired) electrons. The van der Waals surface area contributed by atoms with Crippen molar-refractivity contribution in [2.75, 3.05) is 12.3 Å². The van der Waals surface area contributed by atoms with Gasteiger partial charge in [0.15, 0.2) is 5.69 Å². The first-order valence-electron chi connectivity index (χ1n) is 6.50. The molecule has 0 unspecified atom stereocenters. The standard InChI is InChI=1S/C15H16N2O4/c1-2-9-20-10-3-5-11(6-4-10)21-14-12(16)7-8-13(17-14)15(18)19/h3-8H,2,9,16H2,1H3,(H,18,19). The second-order valence-electron chi connectivity index (χ2n) is 4.32. The summed E-state index contributed by atoms with van der Waals surface area (Å²) < 4.78 is 11.0. The Bertz CT molecular complexity index is 626. The highest BCUT2D eigenvalue weighted by Gasteiger charge is 2.10. The summed E-state index contributed by atoms with van der Waals surface area (Å²) in [6, 6.07) is 9.72. The summed E-state index contributed by atoms with van der Waals surface area (Å²) in [5, 5.41) is 8.91. The molecule has 2 rings (SSSR count). The zero-order valence-electron chi connectivity index (χ0n) is 11.6. The van der Waals surface area contributed by atoms with E-state index in [1.807, 2.05) is 6.92 Å². The molecule has 1 aromatic heterocycles. The second kappa shape index (κ2) is 6.60. The predicted octanol–water partition coefficient (Wildman–Crippen LogP) is 2.94. The smallest absolute Gasteiger partial charge is 0.354 e. The number of ether oxygens (including phenoxy) is 2. The summed E-state index contributed by atoms with van der Waals surface area (Å²) in [4.78, 5) is 14.7. The number of aromatic nitrogens is 1. The summed E-state index contributed by atoms with van der Waals surface area (Å²) in [6.45, 7) is 2.68. The van der Waals surface area contributed by atoms with E-state index in [9.17, 15) is 4.79 Å². The zero-order valence-corrected chi connectivity index (χ0v) is 11.6. The van der Waals surface area contributed by atoms with Crippen LogP contribution in [-0.2, 0) is 0 Å². The minimum atomic E-state index is -1.14. The molecule has 110 valence electrons. The lowest BCUT2D eigenvalue weighted by Crippen LogP contribution is -2.03. The van der Waals surface area contributed by atoms with Crippen LogP contribution in [0.25, 0.3) is 0 Å². The van der Waals surface area contributed by atoms with E-state index in [1.165, 1.54) is 12.1 Å². The van der Waals surface area contributed by atoms with E-state index in [4.69, 9.17) is 20.3 Å². The van der Waals surface area contributed by atoms with Crippen LogP contribution in [0.1, 0.15) is 23.8 Å². The van der Waals surface area contributed by atoms with E-state index in [0.717, 1.165) is 12.2 Å². The molecule has 21 heavy (non-hydrogen) atoms. The van der Waals surface area contributed by atoms with Gasteiger partial charge in [-0.1, -0.05) is 6.92 Å². The first-order valence-corrected chi connectivity index (χ1v) is 6.50. The number of hydrogen-bond acceptors (Lipinski definition) is 5. The SMILES string of the molecule is CCCOc1ccc(Oc2nc(C(=O)O)ccc2N)cc1. The number of aromatic carboxylic acids is 1. The molecule has 0 aliphatic rings. The maximum absolute atomic E-state index is 10.9. The molecule has 1 aromatic carbocycles. The van der Waals surface area contributed by atoms with Gasteiger partial charge in [-0.3, -0.25) is 0 Å². The van der Waals surface area contributed by atoms with Crippen molar-refractivity contribution in [3.05, 3.63) is 42.1 Å². The molecular weight excluding hydrogens is 272 g/mol. The fourth-order valence-corrected chi connectivity index (χ4v) is 1.59. The Morgan fingerprint density at radius 2 is 1.86 bits per heavy atom. The summed E-state index contributed by atoms with van der Waals surface area (Å²) in [6.07, 6.45) is 0.931. The second-order valence-corrected chi connectivity index (χ2v) is 4.32. The van der Waals surface area contributed by atoms with Crippen LogP contribution < -0.4 is 15.2 Å². The summed E-state index contributed by atoms with van der Waals surface area (Å²) in [7, 11) is 0. The van der Waals surface area contributed by atoms with E-state index >= 15 is 0 Å². The molecule has 0 spiro atoms. The monoisotopic (exact) mass is 288 g/mol. The van der Waals surface area contributed by atoms with Crippen molar-refractivity contribution in [1.29, 1.82) is 0 Å². The maximum atomic E-state index is 10.9. The van der Waals surface area contributed by atoms with Gasteiger partial charge in [0, 0.05) is 0 Å². The number of nitrogens with two attached hydrogens (primary N) is 1. The van der Waals surface area contributed by atoms with Crippen molar-refractivity contribution in [3.63, 3.8) is 0 Å². The molecule has 0 saturated heterocycles. The van der Waals surface area contributed by atoms with Gasteiger partial charge in [-0.2, -0.15) is 0 Å². The van der Waals surface area contributed by atoms with Crippen LogP contribution in [0, 0.1) is 0 Å². The number of carboxylic acids is 1. The summed E-state index contributed by atoms with van der Waals surface area (Å²) in [5.41, 5.74) is 5.87. The molecule has 0 saturated carbocycles. The van der Waals surface area contributed by atoms with Crippen LogP contribution in [0.2, 0.25) is 0 Å². The summed E-state index contributed by atoms with van der Waals surface area (Å²) in [5.74, 6) is 0.172. The lowest BCUT2D eigenvalue weighted by Gasteiger charge is -2.09. The number of nitrogens with zero attached hydrogens (tertiary/aromatic N) is 1. The van der Waals surface area contributed by atoms with Crippen LogP contribution in [0.15, 0.2) is 36.4 Å². The summed E-state index contributed by atoms with van der Waals surface area (Å²) >= 11 is 0. The van der Waals surface area contributed by atoms with Crippen LogP contribution in [0.3, 0.4) is 0 Å². The topological polar surface area (TPSA) is 94.7 Å². The number of anilines is 1. The van der Waals surface area contributed by atoms with E-state index in [0.29, 0.717) is 12.4 Å². The Hall–Kier alpha value is -2.76. The van der Waals surface area contributed by atoms with Gasteiger partial charge < -0.3 is 20.3 Å². The number of benzene rings is 1. The van der Waals surface area contributed by atoms with E-state index < -0.39 is 5.97 Å². The van der Waals surface area contributed by atoms with Gasteiger partial charge in [-0.15, -0.1) is 0 Å². The van der Waals surface area contributed by atoms with Crippen LogP contribution >= 0.6 is 0 Å². The van der Waals surface area contributed by atoms with Gasteiger partial charge in [0.1, 0.15) is 11.5 Å². The molecule has 0 bridgehead atoms. The quantitative estimate of drug-likeness (QED) is 0.848. The number of hydrogen-bond donors (Lipinski definition) is 2. The Morgan fingerprint density at radius 3 is 2.48 bits per heavy atom. The number of nitrogen functional groups attached to an aromatic ring is 1. The first kappa shape index (κ1) is 14.6. The highest BCUT2D eigenvalue weighted by molar-refractivity contribution is 5.86. The van der Waals surface area contributed by atoms with Crippen LogP contribution in [-0.4, -0.2) is 22.7 Å².